The topological polar surface area (TPSA) is 116 Å². The molecule has 4 aromatic rings. The molecule has 0 saturated carbocycles. The Kier molecular flexibility index (Phi) is 6.16. The number of hydrogen-bond donors (Lipinski definition) is 2. The molecule has 4 rings (SSSR count). The maximum atomic E-state index is 12.3. The maximum Gasteiger partial charge on any atom is 0.184 e. The zero-order valence-corrected chi connectivity index (χ0v) is 18.7. The van der Waals surface area contributed by atoms with Gasteiger partial charge in [-0.1, -0.05) is 6.07 Å². The molecule has 3 heterocycles. The smallest absolute Gasteiger partial charge is 0.184 e. The molecular weight excluding hydrogens is 422 g/mol. The molecule has 0 unspecified atom stereocenters. The third-order valence-electron chi connectivity index (χ3n) is 4.84. The molecule has 0 aliphatic heterocycles. The van der Waals surface area contributed by atoms with Crippen LogP contribution in [0.15, 0.2) is 55.1 Å². The summed E-state index contributed by atoms with van der Waals surface area (Å²) in [4.78, 5) is 25.2. The van der Waals surface area contributed by atoms with Crippen molar-refractivity contribution < 1.29 is 14.3 Å². The van der Waals surface area contributed by atoms with Crippen LogP contribution in [0.4, 0.5) is 23.0 Å². The predicted molar refractivity (Wildman–Crippen MR) is 125 cm³/mol. The summed E-state index contributed by atoms with van der Waals surface area (Å²) in [6, 6.07) is 10.9. The van der Waals surface area contributed by atoms with Crippen molar-refractivity contribution in [2.45, 2.75) is 6.92 Å². The molecule has 0 fully saturated rings. The van der Waals surface area contributed by atoms with Gasteiger partial charge in [0.2, 0.25) is 0 Å². The van der Waals surface area contributed by atoms with Gasteiger partial charge in [-0.3, -0.25) is 9.48 Å². The van der Waals surface area contributed by atoms with E-state index >= 15 is 0 Å². The summed E-state index contributed by atoms with van der Waals surface area (Å²) in [5.41, 5.74) is 2.39. The van der Waals surface area contributed by atoms with Gasteiger partial charge in [-0.25, -0.2) is 15.0 Å². The van der Waals surface area contributed by atoms with E-state index in [0.717, 1.165) is 5.56 Å². The summed E-state index contributed by atoms with van der Waals surface area (Å²) in [5, 5.41) is 10.8. The lowest BCUT2D eigenvalue weighted by Crippen LogP contribution is -2.05. The number of anilines is 4. The van der Waals surface area contributed by atoms with Crippen molar-refractivity contribution in [3.63, 3.8) is 0 Å². The number of carbonyl (C=O) groups excluding carboxylic acids is 1. The molecule has 0 saturated heterocycles. The molecule has 33 heavy (non-hydrogen) atoms. The third-order valence-corrected chi connectivity index (χ3v) is 4.84. The lowest BCUT2D eigenvalue weighted by Gasteiger charge is -2.16. The van der Waals surface area contributed by atoms with Crippen LogP contribution in [0, 0.1) is 0 Å². The van der Waals surface area contributed by atoms with Crippen LogP contribution in [-0.2, 0) is 7.05 Å². The van der Waals surface area contributed by atoms with E-state index in [2.05, 4.69) is 30.7 Å². The molecule has 0 aliphatic carbocycles. The van der Waals surface area contributed by atoms with Gasteiger partial charge in [-0.05, 0) is 31.2 Å². The van der Waals surface area contributed by atoms with Gasteiger partial charge in [0, 0.05) is 19.3 Å². The molecular formula is C23H23N7O3. The second-order valence-corrected chi connectivity index (χ2v) is 7.13. The van der Waals surface area contributed by atoms with Crippen molar-refractivity contribution in [1.82, 2.24) is 24.7 Å². The number of nitrogens with one attached hydrogen (secondary N) is 2. The third kappa shape index (κ3) is 4.74. The van der Waals surface area contributed by atoms with Crippen LogP contribution >= 0.6 is 0 Å². The Hall–Kier alpha value is -4.47. The Morgan fingerprint density at radius 1 is 0.939 bits per heavy atom. The van der Waals surface area contributed by atoms with Crippen molar-refractivity contribution in [3.05, 3.63) is 60.7 Å². The first-order valence-electron chi connectivity index (χ1n) is 10.1. The first kappa shape index (κ1) is 21.8. The quantitative estimate of drug-likeness (QED) is 0.388. The molecule has 0 spiro atoms. The number of hydrogen-bond acceptors (Lipinski definition) is 9. The van der Waals surface area contributed by atoms with E-state index in [0.29, 0.717) is 45.9 Å². The molecule has 0 bridgehead atoms. The van der Waals surface area contributed by atoms with Gasteiger partial charge in [-0.15, -0.1) is 0 Å². The number of aryl methyl sites for hydroxylation is 1. The zero-order valence-electron chi connectivity index (χ0n) is 18.7. The van der Waals surface area contributed by atoms with Crippen LogP contribution in [-0.4, -0.2) is 44.7 Å². The van der Waals surface area contributed by atoms with E-state index in [1.807, 2.05) is 18.2 Å². The van der Waals surface area contributed by atoms with Crippen LogP contribution in [0.25, 0.3) is 11.4 Å². The maximum absolute atomic E-state index is 12.3. The van der Waals surface area contributed by atoms with Crippen molar-refractivity contribution in [2.24, 2.45) is 7.05 Å². The molecule has 0 atom stereocenters. The molecule has 0 amide bonds. The second kappa shape index (κ2) is 9.35. The fourth-order valence-electron chi connectivity index (χ4n) is 3.25. The Morgan fingerprint density at radius 3 is 2.39 bits per heavy atom. The van der Waals surface area contributed by atoms with E-state index in [1.165, 1.54) is 13.1 Å². The van der Waals surface area contributed by atoms with E-state index in [1.54, 1.807) is 56.7 Å². The molecule has 0 radical (unpaired) electrons. The number of para-hydroxylation sites is 1. The standard InChI is InChI=1S/C23H23N7O3/c1-14(31)17-12-25-21(28-20-9-8-15(32-3)11-24-20)10-19(17)27-18-7-5-6-16(22(18)33-4)23-26-13-30(2)29-23/h5-13H,1-4H3,(H2,24,25,27,28). The minimum Gasteiger partial charge on any atom is -0.495 e. The van der Waals surface area contributed by atoms with Crippen LogP contribution in [0.1, 0.15) is 17.3 Å². The van der Waals surface area contributed by atoms with Gasteiger partial charge >= 0.3 is 0 Å². The summed E-state index contributed by atoms with van der Waals surface area (Å²) >= 11 is 0. The van der Waals surface area contributed by atoms with Gasteiger partial charge in [-0.2, -0.15) is 5.10 Å². The molecule has 10 nitrogen and oxygen atoms in total. The SMILES string of the molecule is COc1ccc(Nc2cc(Nc3cccc(-c4ncn(C)n4)c3OC)c(C(C)=O)cn2)nc1. The Morgan fingerprint density at radius 2 is 1.76 bits per heavy atom. The molecule has 3 aromatic heterocycles. The number of aromatic nitrogens is 5. The highest BCUT2D eigenvalue weighted by Crippen LogP contribution is 2.37. The number of methoxy groups -OCH3 is 2. The van der Waals surface area contributed by atoms with Crippen LogP contribution in [0.3, 0.4) is 0 Å². The number of ether oxygens (including phenoxy) is 2. The summed E-state index contributed by atoms with van der Waals surface area (Å²) < 4.78 is 12.4. The normalized spacial score (nSPS) is 10.5. The lowest BCUT2D eigenvalue weighted by molar-refractivity contribution is 0.101. The fraction of sp³-hybridized carbons (Fsp3) is 0.174. The number of carbonyl (C=O) groups is 1. The highest BCUT2D eigenvalue weighted by molar-refractivity contribution is 6.00. The highest BCUT2D eigenvalue weighted by Gasteiger charge is 2.17. The summed E-state index contributed by atoms with van der Waals surface area (Å²) in [7, 11) is 4.96. The van der Waals surface area contributed by atoms with E-state index in [-0.39, 0.29) is 5.78 Å². The number of benzene rings is 1. The minimum absolute atomic E-state index is 0.124. The van der Waals surface area contributed by atoms with E-state index in [9.17, 15) is 4.79 Å². The van der Waals surface area contributed by atoms with Crippen molar-refractivity contribution in [2.75, 3.05) is 24.9 Å². The molecule has 2 N–H and O–H groups in total. The predicted octanol–water partition coefficient (Wildman–Crippen LogP) is 3.98. The van der Waals surface area contributed by atoms with Gasteiger partial charge in [0.25, 0.3) is 0 Å². The molecule has 10 heteroatoms. The Labute approximate surface area is 190 Å². The van der Waals surface area contributed by atoms with E-state index in [4.69, 9.17) is 9.47 Å². The average molecular weight is 445 g/mol. The van der Waals surface area contributed by atoms with Gasteiger partial charge in [0.15, 0.2) is 17.4 Å². The first-order valence-corrected chi connectivity index (χ1v) is 10.1. The van der Waals surface area contributed by atoms with Gasteiger partial charge in [0.05, 0.1) is 42.9 Å². The monoisotopic (exact) mass is 445 g/mol. The molecule has 168 valence electrons. The zero-order chi connectivity index (χ0) is 23.4. The number of pyridine rings is 2. The highest BCUT2D eigenvalue weighted by atomic mass is 16.5. The van der Waals surface area contributed by atoms with Crippen molar-refractivity contribution in [3.8, 4) is 22.9 Å². The lowest BCUT2D eigenvalue weighted by atomic mass is 10.1. The molecule has 1 aromatic carbocycles. The van der Waals surface area contributed by atoms with Crippen LogP contribution in [0.2, 0.25) is 0 Å². The molecule has 0 aliphatic rings. The van der Waals surface area contributed by atoms with Crippen molar-refractivity contribution >= 4 is 28.8 Å². The summed E-state index contributed by atoms with van der Waals surface area (Å²) in [6.45, 7) is 1.49. The number of Topliss-reactive ketones (excluding diaryl/α,β-unsaturated/α-hetero) is 1. The van der Waals surface area contributed by atoms with Gasteiger partial charge < -0.3 is 20.1 Å². The van der Waals surface area contributed by atoms with Gasteiger partial charge in [0.1, 0.15) is 23.7 Å². The van der Waals surface area contributed by atoms with Crippen LogP contribution < -0.4 is 20.1 Å². The summed E-state index contributed by atoms with van der Waals surface area (Å²) in [5.74, 6) is 2.72. The Bertz CT molecular complexity index is 1290. The largest absolute Gasteiger partial charge is 0.495 e. The number of rotatable bonds is 8. The Balaban J connectivity index is 1.69. The minimum atomic E-state index is -0.124. The number of nitrogens with zero attached hydrogens (tertiary/aromatic N) is 5. The first-order chi connectivity index (χ1) is 16.0. The van der Waals surface area contributed by atoms with Crippen molar-refractivity contribution in [1.29, 1.82) is 0 Å². The second-order valence-electron chi connectivity index (χ2n) is 7.13. The van der Waals surface area contributed by atoms with Crippen LogP contribution in [0.5, 0.6) is 11.5 Å². The average Bonchev–Trinajstić information content (AvgIpc) is 3.25. The van der Waals surface area contributed by atoms with E-state index < -0.39 is 0 Å². The fourth-order valence-corrected chi connectivity index (χ4v) is 3.25. The number of ketones is 1. The summed E-state index contributed by atoms with van der Waals surface area (Å²) in [6.07, 6.45) is 4.75.